The van der Waals surface area contributed by atoms with E-state index >= 15 is 0 Å². The molecule has 1 fully saturated rings. The fourth-order valence-corrected chi connectivity index (χ4v) is 5.15. The summed E-state index contributed by atoms with van der Waals surface area (Å²) in [5.41, 5.74) is 0.398. The summed E-state index contributed by atoms with van der Waals surface area (Å²) in [6, 6.07) is 13.9. The molecule has 0 bridgehead atoms. The van der Waals surface area contributed by atoms with Gasteiger partial charge in [-0.3, -0.25) is 4.79 Å². The van der Waals surface area contributed by atoms with Crippen LogP contribution in [0.3, 0.4) is 0 Å². The van der Waals surface area contributed by atoms with E-state index in [1.54, 1.807) is 24.3 Å². The zero-order valence-electron chi connectivity index (χ0n) is 19.3. The lowest BCUT2D eigenvalue weighted by Gasteiger charge is -2.30. The molecule has 0 spiro atoms. The van der Waals surface area contributed by atoms with Crippen molar-refractivity contribution in [2.75, 3.05) is 20.1 Å². The van der Waals surface area contributed by atoms with Gasteiger partial charge in [0.1, 0.15) is 0 Å². The summed E-state index contributed by atoms with van der Waals surface area (Å²) < 4.78 is 43.9. The minimum atomic E-state index is -4.79. The molecule has 0 unspecified atom stereocenters. The van der Waals surface area contributed by atoms with Crippen LogP contribution in [0.4, 0.5) is 13.2 Å². The Hall–Kier alpha value is -3.05. The maximum Gasteiger partial charge on any atom is 0.417 e. The van der Waals surface area contributed by atoms with Gasteiger partial charge in [0, 0.05) is 18.2 Å². The molecule has 0 atom stereocenters. The molecule has 0 radical (unpaired) electrons. The second kappa shape index (κ2) is 10.5. The molecule has 1 saturated heterocycles. The molecule has 3 aromatic carbocycles. The van der Waals surface area contributed by atoms with E-state index in [9.17, 15) is 23.2 Å². The van der Waals surface area contributed by atoms with Crippen LogP contribution in [-0.4, -0.2) is 26.0 Å². The number of piperidine rings is 1. The van der Waals surface area contributed by atoms with Crippen molar-refractivity contribution in [2.45, 2.75) is 24.9 Å². The van der Waals surface area contributed by atoms with E-state index in [-0.39, 0.29) is 32.7 Å². The molecule has 4 nitrogen and oxygen atoms in total. The van der Waals surface area contributed by atoms with Crippen molar-refractivity contribution in [2.24, 2.45) is 0 Å². The number of nitriles is 1. The molecule has 0 saturated carbocycles. The quantitative estimate of drug-likeness (QED) is 0.379. The molecule has 3 aromatic rings. The van der Waals surface area contributed by atoms with Crippen molar-refractivity contribution in [3.8, 4) is 28.3 Å². The first-order valence-corrected chi connectivity index (χ1v) is 12.1. The average molecular weight is 532 g/mol. The van der Waals surface area contributed by atoms with Crippen LogP contribution in [-0.2, 0) is 6.18 Å². The van der Waals surface area contributed by atoms with Crippen molar-refractivity contribution in [1.29, 1.82) is 5.26 Å². The van der Waals surface area contributed by atoms with E-state index in [0.29, 0.717) is 48.2 Å². The molecular formula is C27H22Cl2F3N3O. The number of alkyl halides is 3. The Morgan fingerprint density at radius 2 is 1.75 bits per heavy atom. The minimum Gasteiger partial charge on any atom is -0.355 e. The van der Waals surface area contributed by atoms with Crippen LogP contribution < -0.4 is 10.6 Å². The predicted molar refractivity (Wildman–Crippen MR) is 135 cm³/mol. The fourth-order valence-electron chi connectivity index (χ4n) is 4.76. The number of hydrogen-bond donors (Lipinski definition) is 2. The summed E-state index contributed by atoms with van der Waals surface area (Å²) in [4.78, 5) is 13.4. The van der Waals surface area contributed by atoms with E-state index in [1.165, 1.54) is 25.2 Å². The number of carbonyl (C=O) groups is 1. The van der Waals surface area contributed by atoms with Gasteiger partial charge in [-0.05, 0) is 72.8 Å². The molecule has 36 heavy (non-hydrogen) atoms. The van der Waals surface area contributed by atoms with Crippen LogP contribution in [0.2, 0.25) is 10.0 Å². The lowest BCUT2D eigenvalue weighted by molar-refractivity contribution is -0.137. The van der Waals surface area contributed by atoms with Crippen molar-refractivity contribution < 1.29 is 18.0 Å². The molecule has 1 aliphatic rings. The third kappa shape index (κ3) is 4.94. The van der Waals surface area contributed by atoms with Crippen LogP contribution in [0.25, 0.3) is 22.3 Å². The first-order chi connectivity index (χ1) is 17.2. The number of hydrogen-bond acceptors (Lipinski definition) is 3. The van der Waals surface area contributed by atoms with Gasteiger partial charge in [0.15, 0.2) is 0 Å². The van der Waals surface area contributed by atoms with Crippen molar-refractivity contribution in [1.82, 2.24) is 10.6 Å². The van der Waals surface area contributed by atoms with Gasteiger partial charge in [-0.1, -0.05) is 47.5 Å². The Labute approximate surface area is 217 Å². The molecular weight excluding hydrogens is 510 g/mol. The highest BCUT2D eigenvalue weighted by atomic mass is 35.5. The van der Waals surface area contributed by atoms with E-state index < -0.39 is 17.6 Å². The van der Waals surface area contributed by atoms with Gasteiger partial charge in [0.25, 0.3) is 5.91 Å². The number of halogens is 5. The monoisotopic (exact) mass is 531 g/mol. The Morgan fingerprint density at radius 1 is 1.08 bits per heavy atom. The number of nitrogens with one attached hydrogen (secondary N) is 2. The van der Waals surface area contributed by atoms with Crippen LogP contribution >= 0.6 is 23.2 Å². The summed E-state index contributed by atoms with van der Waals surface area (Å²) >= 11 is 12.6. The second-order valence-electron chi connectivity index (χ2n) is 8.53. The van der Waals surface area contributed by atoms with Crippen molar-refractivity contribution >= 4 is 29.1 Å². The molecule has 1 heterocycles. The third-order valence-electron chi connectivity index (χ3n) is 6.42. The topological polar surface area (TPSA) is 64.9 Å². The molecule has 2 N–H and O–H groups in total. The van der Waals surface area contributed by atoms with Crippen molar-refractivity contribution in [3.05, 3.63) is 80.8 Å². The average Bonchev–Trinajstić information content (AvgIpc) is 2.88. The van der Waals surface area contributed by atoms with Gasteiger partial charge in [0.2, 0.25) is 0 Å². The number of benzene rings is 3. The SMILES string of the molecule is CNC(=O)c1c(-c2cccc(Cl)c2Cl)c(C(F)(F)F)cc(-c2ccc(C#N)cc2)c1C1CCNCC1. The Kier molecular flexibility index (Phi) is 7.60. The highest BCUT2D eigenvalue weighted by Crippen LogP contribution is 2.49. The lowest BCUT2D eigenvalue weighted by Crippen LogP contribution is -2.30. The summed E-state index contributed by atoms with van der Waals surface area (Å²) in [6.45, 7) is 1.33. The zero-order valence-corrected chi connectivity index (χ0v) is 20.8. The van der Waals surface area contributed by atoms with Crippen LogP contribution in [0.15, 0.2) is 48.5 Å². The molecule has 0 aliphatic carbocycles. The number of amides is 1. The highest BCUT2D eigenvalue weighted by molar-refractivity contribution is 6.44. The minimum absolute atomic E-state index is 0.0386. The third-order valence-corrected chi connectivity index (χ3v) is 7.24. The summed E-state index contributed by atoms with van der Waals surface area (Å²) in [7, 11) is 1.39. The number of rotatable bonds is 4. The maximum absolute atomic E-state index is 14.6. The van der Waals surface area contributed by atoms with E-state index in [1.807, 2.05) is 6.07 Å². The van der Waals surface area contributed by atoms with E-state index in [0.717, 1.165) is 6.07 Å². The first kappa shape index (κ1) is 26.0. The normalized spacial score (nSPS) is 14.4. The zero-order chi connectivity index (χ0) is 26.0. The highest BCUT2D eigenvalue weighted by Gasteiger charge is 2.40. The van der Waals surface area contributed by atoms with Crippen LogP contribution in [0.1, 0.15) is 45.8 Å². The first-order valence-electron chi connectivity index (χ1n) is 11.3. The molecule has 4 rings (SSSR count). The van der Waals surface area contributed by atoms with E-state index in [2.05, 4.69) is 10.6 Å². The number of nitrogens with zero attached hydrogens (tertiary/aromatic N) is 1. The molecule has 1 aliphatic heterocycles. The Morgan fingerprint density at radius 3 is 2.33 bits per heavy atom. The van der Waals surface area contributed by atoms with Crippen LogP contribution in [0.5, 0.6) is 0 Å². The molecule has 186 valence electrons. The number of carbonyl (C=O) groups excluding carboxylic acids is 1. The van der Waals surface area contributed by atoms with Crippen molar-refractivity contribution in [3.63, 3.8) is 0 Å². The summed E-state index contributed by atoms with van der Waals surface area (Å²) in [5.74, 6) is -0.821. The second-order valence-corrected chi connectivity index (χ2v) is 9.31. The maximum atomic E-state index is 14.6. The molecule has 1 amide bonds. The van der Waals surface area contributed by atoms with Gasteiger partial charge >= 0.3 is 6.18 Å². The summed E-state index contributed by atoms with van der Waals surface area (Å²) in [6.07, 6.45) is -3.51. The summed E-state index contributed by atoms with van der Waals surface area (Å²) in [5, 5.41) is 15.0. The largest absolute Gasteiger partial charge is 0.417 e. The van der Waals surface area contributed by atoms with Gasteiger partial charge in [-0.2, -0.15) is 18.4 Å². The fraction of sp³-hybridized carbons (Fsp3) is 0.259. The van der Waals surface area contributed by atoms with Gasteiger partial charge < -0.3 is 10.6 Å². The Bertz CT molecular complexity index is 1340. The molecule has 9 heteroatoms. The predicted octanol–water partition coefficient (Wildman–Crippen LogP) is 7.04. The standard InChI is InChI=1S/C27H22Cl2F3N3O/c1-34-26(36)24-22(17-9-11-35-12-10-17)19(16-7-5-15(14-33)6-8-16)13-20(27(30,31)32)23(24)18-3-2-4-21(28)25(18)29/h2-8,13,17,35H,9-12H2,1H3,(H,34,36). The molecule has 0 aromatic heterocycles. The Balaban J connectivity index is 2.19. The van der Waals surface area contributed by atoms with Crippen LogP contribution in [0, 0.1) is 11.3 Å². The van der Waals surface area contributed by atoms with Gasteiger partial charge in [0.05, 0.1) is 32.8 Å². The van der Waals surface area contributed by atoms with Gasteiger partial charge in [-0.25, -0.2) is 0 Å². The lowest BCUT2D eigenvalue weighted by atomic mass is 9.77. The smallest absolute Gasteiger partial charge is 0.355 e. The van der Waals surface area contributed by atoms with Gasteiger partial charge in [-0.15, -0.1) is 0 Å². The van der Waals surface area contributed by atoms with E-state index in [4.69, 9.17) is 23.2 Å².